The molecule has 0 atom stereocenters. The van der Waals surface area contributed by atoms with E-state index in [1.54, 1.807) is 0 Å². The van der Waals surface area contributed by atoms with Crippen molar-refractivity contribution in [3.8, 4) is 0 Å². The molecule has 5 heteroatoms. The molecule has 126 valence electrons. The third kappa shape index (κ3) is 15.6. The van der Waals surface area contributed by atoms with Crippen molar-refractivity contribution in [2.75, 3.05) is 13.1 Å². The minimum atomic E-state index is -0.0417. The molecular formula is C16H40GeN2Si2. The molecule has 0 amide bonds. The van der Waals surface area contributed by atoms with Gasteiger partial charge < -0.3 is 0 Å². The van der Waals surface area contributed by atoms with Crippen molar-refractivity contribution in [1.82, 2.24) is 7.71 Å². The van der Waals surface area contributed by atoms with Crippen molar-refractivity contribution in [1.29, 1.82) is 0 Å². The van der Waals surface area contributed by atoms with Crippen LogP contribution in [0.25, 0.3) is 0 Å². The van der Waals surface area contributed by atoms with Gasteiger partial charge in [-0.2, -0.15) is 0 Å². The molecule has 1 rings (SSSR count). The second-order valence-corrected chi connectivity index (χ2v) is 17.4. The molecule has 21 heavy (non-hydrogen) atoms. The van der Waals surface area contributed by atoms with Crippen molar-refractivity contribution in [3.05, 3.63) is 0 Å². The summed E-state index contributed by atoms with van der Waals surface area (Å²) in [5, 5.41) is 0. The fourth-order valence-corrected chi connectivity index (χ4v) is 4.13. The van der Waals surface area contributed by atoms with Crippen LogP contribution in [0.3, 0.4) is 0 Å². The van der Waals surface area contributed by atoms with E-state index >= 15 is 0 Å². The molecule has 1 aliphatic heterocycles. The Bertz CT molecular complexity index is 226. The molecule has 1 saturated heterocycles. The van der Waals surface area contributed by atoms with Crippen molar-refractivity contribution < 1.29 is 0 Å². The van der Waals surface area contributed by atoms with E-state index in [1.807, 2.05) is 0 Å². The largest absolute Gasteiger partial charge is 0.0715 e. The maximum absolute atomic E-state index is 2.66. The molecule has 1 aliphatic rings. The van der Waals surface area contributed by atoms with Gasteiger partial charge in [-0.3, -0.25) is 0 Å². The molecule has 4 radical (unpaired) electrons. The molecule has 0 aromatic carbocycles. The first kappa shape index (κ1) is 24.2. The minimum Gasteiger partial charge on any atom is -0.0715 e. The van der Waals surface area contributed by atoms with E-state index < -0.39 is 0 Å². The van der Waals surface area contributed by atoms with Crippen LogP contribution in [0.4, 0.5) is 0 Å². The topological polar surface area (TPSA) is 6.48 Å². The van der Waals surface area contributed by atoms with E-state index in [2.05, 4.69) is 88.5 Å². The van der Waals surface area contributed by atoms with Crippen LogP contribution in [-0.4, -0.2) is 65.4 Å². The standard InChI is InChI=1S/C10H22GeN2.2C3H9Si/c1-9(2,3)12-7-8-13(11-12)10(4,5)6;2*1-4(2)3/h7-8H2,1-6H3;2*1-3H3. The summed E-state index contributed by atoms with van der Waals surface area (Å²) in [7, 11) is 0.241. The molecule has 0 aromatic rings. The smallest absolute Gasteiger partial charge is 0.0379 e. The van der Waals surface area contributed by atoms with E-state index in [0.717, 1.165) is 0 Å². The Morgan fingerprint density at radius 3 is 0.905 bits per heavy atom. The third-order valence-corrected chi connectivity index (χ3v) is 7.17. The average molecular weight is 389 g/mol. The Morgan fingerprint density at radius 2 is 0.810 bits per heavy atom. The van der Waals surface area contributed by atoms with Crippen LogP contribution >= 0.6 is 0 Å². The van der Waals surface area contributed by atoms with Crippen LogP contribution < -0.4 is 0 Å². The predicted octanol–water partition coefficient (Wildman–Crippen LogP) is 4.48. The zero-order valence-corrected chi connectivity index (χ0v) is 20.9. The fourth-order valence-electron chi connectivity index (χ4n) is 1.42. The first-order valence-corrected chi connectivity index (χ1v) is 15.9. The van der Waals surface area contributed by atoms with Gasteiger partial charge in [0.2, 0.25) is 0 Å². The second kappa shape index (κ2) is 10.6. The van der Waals surface area contributed by atoms with Crippen LogP contribution in [0.2, 0.25) is 39.3 Å². The summed E-state index contributed by atoms with van der Waals surface area (Å²) in [6.07, 6.45) is 0. The van der Waals surface area contributed by atoms with Crippen LogP contribution in [0.15, 0.2) is 0 Å². The third-order valence-electron chi connectivity index (χ3n) is 2.41. The van der Waals surface area contributed by atoms with Crippen molar-refractivity contribution in [2.24, 2.45) is 0 Å². The van der Waals surface area contributed by atoms with E-state index in [1.165, 1.54) is 13.1 Å². The van der Waals surface area contributed by atoms with Gasteiger partial charge in [-0.25, -0.2) is 0 Å². The molecule has 0 bridgehead atoms. The summed E-state index contributed by atoms with van der Waals surface area (Å²) >= 11 is -0.0417. The number of hydrogen-bond donors (Lipinski definition) is 0. The fraction of sp³-hybridized carbons (Fsp3) is 1.00. The predicted molar refractivity (Wildman–Crippen MR) is 105 cm³/mol. The maximum Gasteiger partial charge on any atom is 0.0379 e. The summed E-state index contributed by atoms with van der Waals surface area (Å²) in [5.74, 6) is 0. The van der Waals surface area contributed by atoms with Crippen LogP contribution in [0, 0.1) is 0 Å². The van der Waals surface area contributed by atoms with Gasteiger partial charge >= 0.3 is 89.3 Å². The first-order chi connectivity index (χ1) is 9.17. The van der Waals surface area contributed by atoms with Gasteiger partial charge in [0.05, 0.1) is 0 Å². The van der Waals surface area contributed by atoms with Crippen LogP contribution in [0.5, 0.6) is 0 Å². The Hall–Kier alpha value is 0.897. The second-order valence-electron chi connectivity index (χ2n) is 8.74. The van der Waals surface area contributed by atoms with Crippen molar-refractivity contribution >= 4 is 33.5 Å². The van der Waals surface area contributed by atoms with Gasteiger partial charge in [-0.05, 0) is 0 Å². The Labute approximate surface area is 146 Å². The summed E-state index contributed by atoms with van der Waals surface area (Å²) < 4.78 is 5.33. The van der Waals surface area contributed by atoms with Gasteiger partial charge in [-0.15, -0.1) is 0 Å². The van der Waals surface area contributed by atoms with Crippen LogP contribution in [0.1, 0.15) is 41.5 Å². The Kier molecular flexibility index (Phi) is 12.2. The molecule has 0 aromatic heterocycles. The number of rotatable bonds is 0. The van der Waals surface area contributed by atoms with E-state index in [0.29, 0.717) is 11.1 Å². The summed E-state index contributed by atoms with van der Waals surface area (Å²) in [6.45, 7) is 30.1. The van der Waals surface area contributed by atoms with Crippen molar-refractivity contribution in [3.63, 3.8) is 0 Å². The zero-order valence-electron chi connectivity index (χ0n) is 16.8. The first-order valence-electron chi connectivity index (χ1n) is 8.03. The van der Waals surface area contributed by atoms with Gasteiger partial charge in [0.15, 0.2) is 0 Å². The molecule has 0 spiro atoms. The molecular weight excluding hydrogens is 349 g/mol. The molecule has 1 fully saturated rings. The molecule has 1 heterocycles. The Morgan fingerprint density at radius 1 is 0.619 bits per heavy atom. The maximum atomic E-state index is 2.66. The Balaban J connectivity index is 0. The van der Waals surface area contributed by atoms with Gasteiger partial charge in [0.25, 0.3) is 0 Å². The summed E-state index contributed by atoms with van der Waals surface area (Å²) in [6, 6.07) is 0. The molecule has 0 unspecified atom stereocenters. The SMILES string of the molecule is CC(C)(C)[N]1CC[N](C(C)(C)C)[Ge]1.C[Si](C)C.C[Si](C)C. The average Bonchev–Trinajstić information content (AvgIpc) is 2.61. The number of hydrogen-bond acceptors (Lipinski definition) is 2. The normalized spacial score (nSPS) is 17.4. The van der Waals surface area contributed by atoms with Gasteiger partial charge in [0, 0.05) is 17.6 Å². The molecule has 0 N–H and O–H groups in total. The quantitative estimate of drug-likeness (QED) is 0.564. The molecule has 0 saturated carbocycles. The molecule has 0 aliphatic carbocycles. The van der Waals surface area contributed by atoms with E-state index in [9.17, 15) is 0 Å². The zero-order chi connectivity index (χ0) is 17.4. The van der Waals surface area contributed by atoms with Crippen LogP contribution in [-0.2, 0) is 0 Å². The number of nitrogens with zero attached hydrogens (tertiary/aromatic N) is 2. The summed E-state index contributed by atoms with van der Waals surface area (Å²) in [4.78, 5) is 0. The monoisotopic (exact) mass is 390 g/mol. The molecule has 2 nitrogen and oxygen atoms in total. The van der Waals surface area contributed by atoms with E-state index in [-0.39, 0.29) is 33.5 Å². The summed E-state index contributed by atoms with van der Waals surface area (Å²) in [5.41, 5.74) is 0.750. The van der Waals surface area contributed by atoms with Crippen molar-refractivity contribution in [2.45, 2.75) is 91.9 Å². The van der Waals surface area contributed by atoms with Gasteiger partial charge in [0.1, 0.15) is 0 Å². The minimum absolute atomic E-state index is 0.0417. The van der Waals surface area contributed by atoms with Gasteiger partial charge in [-0.1, -0.05) is 39.3 Å². The van der Waals surface area contributed by atoms with E-state index in [4.69, 9.17) is 0 Å².